The predicted molar refractivity (Wildman–Crippen MR) is 109 cm³/mol. The van der Waals surface area contributed by atoms with Gasteiger partial charge in [-0.2, -0.15) is 0 Å². The Bertz CT molecular complexity index is 665. The number of benzene rings is 1. The molecule has 1 aromatic heterocycles. The number of nitrogens with one attached hydrogen (secondary N) is 1. The van der Waals surface area contributed by atoms with E-state index in [1.807, 2.05) is 38.4 Å². The summed E-state index contributed by atoms with van der Waals surface area (Å²) >= 11 is 0. The van der Waals surface area contributed by atoms with Crippen molar-refractivity contribution in [3.05, 3.63) is 53.9 Å². The van der Waals surface area contributed by atoms with Crippen LogP contribution in [0, 0.1) is 5.92 Å². The molecule has 3 heteroatoms. The number of hydrogen-bond donors (Lipinski definition) is 1. The lowest BCUT2D eigenvalue weighted by Crippen LogP contribution is -2.32. The van der Waals surface area contributed by atoms with Crippen LogP contribution in [0.2, 0.25) is 0 Å². The van der Waals surface area contributed by atoms with Gasteiger partial charge in [0, 0.05) is 24.6 Å². The Hall–Kier alpha value is -2.03. The lowest BCUT2D eigenvalue weighted by molar-refractivity contribution is 0.0879. The van der Waals surface area contributed by atoms with Crippen molar-refractivity contribution in [1.82, 2.24) is 4.98 Å². The minimum Gasteiger partial charge on any atom is -0.490 e. The molecule has 0 radical (unpaired) electrons. The second kappa shape index (κ2) is 9.61. The fraction of sp³-hybridized carbons (Fsp3) is 0.522. The normalized spacial score (nSPS) is 19.5. The molecule has 1 saturated carbocycles. The van der Waals surface area contributed by atoms with Gasteiger partial charge in [0.05, 0.1) is 0 Å². The van der Waals surface area contributed by atoms with E-state index in [1.54, 1.807) is 0 Å². The summed E-state index contributed by atoms with van der Waals surface area (Å²) in [4.78, 5) is 4.05. The van der Waals surface area contributed by atoms with E-state index in [1.165, 1.54) is 49.7 Å². The molecule has 1 atom stereocenters. The van der Waals surface area contributed by atoms with Gasteiger partial charge in [0.1, 0.15) is 11.9 Å². The second-order valence-electron chi connectivity index (χ2n) is 7.12. The molecule has 2 heterocycles. The van der Waals surface area contributed by atoms with Crippen molar-refractivity contribution in [2.45, 2.75) is 71.4 Å². The third-order valence-electron chi connectivity index (χ3n) is 5.45. The quantitative estimate of drug-likeness (QED) is 0.733. The molecule has 1 unspecified atom stereocenters. The first kappa shape index (κ1) is 18.8. The molecule has 1 aliphatic carbocycles. The third-order valence-corrected chi connectivity index (χ3v) is 5.45. The number of aromatic nitrogens is 1. The minimum absolute atomic E-state index is 0.443. The van der Waals surface area contributed by atoms with Crippen LogP contribution in [0.4, 0.5) is 5.69 Å². The highest BCUT2D eigenvalue weighted by molar-refractivity contribution is 5.44. The molecule has 3 nitrogen and oxygen atoms in total. The van der Waals surface area contributed by atoms with Crippen molar-refractivity contribution < 1.29 is 4.74 Å². The van der Waals surface area contributed by atoms with E-state index in [-0.39, 0.29) is 0 Å². The summed E-state index contributed by atoms with van der Waals surface area (Å²) in [6.45, 7) is 4.84. The van der Waals surface area contributed by atoms with Gasteiger partial charge < -0.3 is 10.1 Å². The van der Waals surface area contributed by atoms with Gasteiger partial charge in [0.25, 0.3) is 0 Å². The van der Waals surface area contributed by atoms with Crippen molar-refractivity contribution in [3.8, 4) is 5.75 Å². The third kappa shape index (κ3) is 4.78. The molecule has 0 saturated heterocycles. The molecule has 0 amide bonds. The van der Waals surface area contributed by atoms with Crippen LogP contribution >= 0.6 is 0 Å². The van der Waals surface area contributed by atoms with E-state index >= 15 is 0 Å². The summed E-state index contributed by atoms with van der Waals surface area (Å²) in [6, 6.07) is 10.7. The summed E-state index contributed by atoms with van der Waals surface area (Å²) in [7, 11) is 0. The summed E-state index contributed by atoms with van der Waals surface area (Å²) in [5.74, 6) is 1.89. The smallest absolute Gasteiger partial charge is 0.122 e. The Kier molecular flexibility index (Phi) is 6.93. The van der Waals surface area contributed by atoms with Gasteiger partial charge in [-0.25, -0.2) is 0 Å². The Morgan fingerprint density at radius 1 is 1.00 bits per heavy atom. The fourth-order valence-electron chi connectivity index (χ4n) is 4.08. The van der Waals surface area contributed by atoms with Crippen molar-refractivity contribution >= 4 is 5.69 Å². The van der Waals surface area contributed by atoms with Crippen molar-refractivity contribution in [3.63, 3.8) is 0 Å². The molecule has 26 heavy (non-hydrogen) atoms. The number of ether oxygens (including phenoxy) is 1. The average Bonchev–Trinajstić information content (AvgIpc) is 2.74. The zero-order valence-corrected chi connectivity index (χ0v) is 16.2. The molecular formula is C23H32N2O. The number of aryl methyl sites for hydroxylation is 1. The van der Waals surface area contributed by atoms with Gasteiger partial charge in [0.15, 0.2) is 0 Å². The van der Waals surface area contributed by atoms with Crippen LogP contribution in [-0.2, 0) is 13.0 Å². The Labute approximate surface area is 158 Å². The van der Waals surface area contributed by atoms with Crippen molar-refractivity contribution in [2.75, 3.05) is 5.32 Å². The standard InChI is InChI=1S/C21H26N2O.C2H6/c1-2-4-17(5-3-1)20-9-7-18-14-16(6-8-21(18)24-20)15-23-19-10-12-22-13-11-19;1-2/h6,8,10-14,17,20H,1-5,7,9,15H2,(H,22,23);1-2H3. The predicted octanol–water partition coefficient (Wildman–Crippen LogP) is 5.99. The van der Waals surface area contributed by atoms with Crippen molar-refractivity contribution in [2.24, 2.45) is 5.92 Å². The SMILES string of the molecule is CC.c1cc(NCc2ccc3c(c2)CCC(C2CCCCC2)O3)ccn1. The highest BCUT2D eigenvalue weighted by Crippen LogP contribution is 2.36. The number of nitrogens with zero attached hydrogens (tertiary/aromatic N) is 1. The van der Waals surface area contributed by atoms with Crippen LogP contribution in [0.3, 0.4) is 0 Å². The van der Waals surface area contributed by atoms with Crippen LogP contribution in [0.1, 0.15) is 63.5 Å². The lowest BCUT2D eigenvalue weighted by Gasteiger charge is -2.34. The largest absolute Gasteiger partial charge is 0.490 e. The monoisotopic (exact) mass is 352 g/mol. The van der Waals surface area contributed by atoms with E-state index in [4.69, 9.17) is 4.74 Å². The van der Waals surface area contributed by atoms with E-state index < -0.39 is 0 Å². The van der Waals surface area contributed by atoms with Crippen LogP contribution < -0.4 is 10.1 Å². The van der Waals surface area contributed by atoms with E-state index in [2.05, 4.69) is 28.5 Å². The highest BCUT2D eigenvalue weighted by atomic mass is 16.5. The average molecular weight is 353 g/mol. The van der Waals surface area contributed by atoms with E-state index in [0.29, 0.717) is 6.10 Å². The van der Waals surface area contributed by atoms with Crippen molar-refractivity contribution in [1.29, 1.82) is 0 Å². The summed E-state index contributed by atoms with van der Waals surface area (Å²) in [6.07, 6.45) is 13.3. The first-order valence-corrected chi connectivity index (χ1v) is 10.3. The zero-order valence-electron chi connectivity index (χ0n) is 16.2. The van der Waals surface area contributed by atoms with Gasteiger partial charge in [-0.05, 0) is 60.9 Å². The molecule has 2 aliphatic rings. The molecule has 140 valence electrons. The zero-order chi connectivity index (χ0) is 18.2. The molecular weight excluding hydrogens is 320 g/mol. The van der Waals surface area contributed by atoms with Gasteiger partial charge in [0.2, 0.25) is 0 Å². The fourth-order valence-corrected chi connectivity index (χ4v) is 4.08. The van der Waals surface area contributed by atoms with E-state index in [0.717, 1.165) is 30.3 Å². The first-order valence-electron chi connectivity index (χ1n) is 10.3. The van der Waals surface area contributed by atoms with Crippen LogP contribution in [0.25, 0.3) is 0 Å². The molecule has 1 fully saturated rings. The molecule has 1 aromatic carbocycles. The highest BCUT2D eigenvalue weighted by Gasteiger charge is 2.28. The number of hydrogen-bond acceptors (Lipinski definition) is 3. The van der Waals surface area contributed by atoms with Crippen LogP contribution in [0.15, 0.2) is 42.7 Å². The molecule has 0 bridgehead atoms. The molecule has 1 N–H and O–H groups in total. The second-order valence-corrected chi connectivity index (χ2v) is 7.12. The minimum atomic E-state index is 0.443. The summed E-state index contributed by atoms with van der Waals surface area (Å²) < 4.78 is 6.36. The maximum Gasteiger partial charge on any atom is 0.122 e. The maximum absolute atomic E-state index is 6.36. The number of pyridine rings is 1. The van der Waals surface area contributed by atoms with Gasteiger partial charge in [-0.15, -0.1) is 0 Å². The van der Waals surface area contributed by atoms with E-state index in [9.17, 15) is 0 Å². The number of fused-ring (bicyclic) bond motifs is 1. The Morgan fingerprint density at radius 3 is 2.54 bits per heavy atom. The molecule has 2 aromatic rings. The lowest BCUT2D eigenvalue weighted by atomic mass is 9.82. The Balaban J connectivity index is 0.000000948. The molecule has 4 rings (SSSR count). The van der Waals surface area contributed by atoms with Crippen LogP contribution in [-0.4, -0.2) is 11.1 Å². The topological polar surface area (TPSA) is 34.1 Å². The first-order chi connectivity index (χ1) is 12.9. The molecule has 1 aliphatic heterocycles. The maximum atomic E-state index is 6.36. The number of anilines is 1. The molecule has 0 spiro atoms. The van der Waals surface area contributed by atoms with Gasteiger partial charge >= 0.3 is 0 Å². The number of rotatable bonds is 4. The van der Waals surface area contributed by atoms with Gasteiger partial charge in [-0.3, -0.25) is 4.98 Å². The Morgan fingerprint density at radius 2 is 1.77 bits per heavy atom. The summed E-state index contributed by atoms with van der Waals surface area (Å²) in [5, 5.41) is 3.45. The van der Waals surface area contributed by atoms with Gasteiger partial charge in [-0.1, -0.05) is 45.2 Å². The summed E-state index contributed by atoms with van der Waals surface area (Å²) in [5.41, 5.74) is 3.79. The van der Waals surface area contributed by atoms with Crippen LogP contribution in [0.5, 0.6) is 5.75 Å².